The number of aliphatic hydroxyl groups is 2. The van der Waals surface area contributed by atoms with Gasteiger partial charge in [0.15, 0.2) is 0 Å². The number of benzene rings is 2. The SMILES string of the molecule is C[C@H](O)c1nccn1[C@@H](C#Cc1ccc(-c2ccc([C@@H]3CNC(=O)C3)cc2)cc1)CO. The second-order valence-corrected chi connectivity index (χ2v) is 7.74. The van der Waals surface area contributed by atoms with E-state index in [1.165, 1.54) is 5.56 Å². The highest BCUT2D eigenvalue weighted by atomic mass is 16.3. The van der Waals surface area contributed by atoms with E-state index in [4.69, 9.17) is 0 Å². The molecule has 1 amide bonds. The molecule has 4 rings (SSSR count). The quantitative estimate of drug-likeness (QED) is 0.559. The van der Waals surface area contributed by atoms with Gasteiger partial charge in [0.05, 0.1) is 6.61 Å². The maximum atomic E-state index is 11.4. The van der Waals surface area contributed by atoms with E-state index >= 15 is 0 Å². The van der Waals surface area contributed by atoms with Crippen LogP contribution >= 0.6 is 0 Å². The lowest BCUT2D eigenvalue weighted by atomic mass is 9.95. The van der Waals surface area contributed by atoms with Gasteiger partial charge in [0.1, 0.15) is 18.0 Å². The molecule has 0 bridgehead atoms. The molecule has 0 radical (unpaired) electrons. The van der Waals surface area contributed by atoms with E-state index in [9.17, 15) is 15.0 Å². The third kappa shape index (κ3) is 4.69. The van der Waals surface area contributed by atoms with Crippen LogP contribution in [0.25, 0.3) is 11.1 Å². The van der Waals surface area contributed by atoms with E-state index < -0.39 is 12.1 Å². The molecule has 3 atom stereocenters. The van der Waals surface area contributed by atoms with Gasteiger partial charge in [-0.25, -0.2) is 4.98 Å². The Kier molecular flexibility index (Phi) is 6.17. The molecule has 6 nitrogen and oxygen atoms in total. The molecule has 3 aromatic rings. The van der Waals surface area contributed by atoms with Gasteiger partial charge in [-0.05, 0) is 35.7 Å². The smallest absolute Gasteiger partial charge is 0.220 e. The van der Waals surface area contributed by atoms with Gasteiger partial charge in [0.25, 0.3) is 0 Å². The van der Waals surface area contributed by atoms with Gasteiger partial charge in [-0.2, -0.15) is 0 Å². The molecule has 1 aliphatic heterocycles. The molecule has 1 aliphatic rings. The Hall–Kier alpha value is -3.40. The molecule has 0 spiro atoms. The van der Waals surface area contributed by atoms with Gasteiger partial charge in [-0.15, -0.1) is 0 Å². The zero-order chi connectivity index (χ0) is 21.8. The van der Waals surface area contributed by atoms with Crippen LogP contribution in [-0.4, -0.2) is 38.8 Å². The molecule has 31 heavy (non-hydrogen) atoms. The van der Waals surface area contributed by atoms with E-state index in [-0.39, 0.29) is 18.4 Å². The summed E-state index contributed by atoms with van der Waals surface area (Å²) in [6.07, 6.45) is 3.12. The second kappa shape index (κ2) is 9.17. The predicted molar refractivity (Wildman–Crippen MR) is 118 cm³/mol. The Morgan fingerprint density at radius 3 is 2.42 bits per heavy atom. The molecule has 1 aromatic heterocycles. The number of nitrogens with one attached hydrogen (secondary N) is 1. The molecule has 1 saturated heterocycles. The van der Waals surface area contributed by atoms with Crippen molar-refractivity contribution in [2.45, 2.75) is 31.4 Å². The number of hydrogen-bond acceptors (Lipinski definition) is 4. The van der Waals surface area contributed by atoms with Crippen molar-refractivity contribution in [1.82, 2.24) is 14.9 Å². The standard InChI is InChI=1S/C25H25N3O3/c1-17(30)25-26-12-13-28(25)23(16-29)11-4-18-2-5-19(6-3-18)20-7-9-21(10-8-20)22-14-24(31)27-15-22/h2-3,5-10,12-13,17,22-23,29-30H,14-16H2,1H3,(H,27,31)/t17-,22-,23-/m0/s1. The zero-order valence-electron chi connectivity index (χ0n) is 17.3. The molecule has 0 saturated carbocycles. The Balaban J connectivity index is 1.47. The zero-order valence-corrected chi connectivity index (χ0v) is 17.3. The molecule has 3 N–H and O–H groups in total. The molecular formula is C25H25N3O3. The highest BCUT2D eigenvalue weighted by molar-refractivity contribution is 5.79. The Labute approximate surface area is 181 Å². The van der Waals surface area contributed by atoms with Crippen LogP contribution in [0, 0.1) is 11.8 Å². The average Bonchev–Trinajstić information content (AvgIpc) is 3.44. The summed E-state index contributed by atoms with van der Waals surface area (Å²) < 4.78 is 1.70. The van der Waals surface area contributed by atoms with Crippen molar-refractivity contribution in [3.8, 4) is 23.0 Å². The monoisotopic (exact) mass is 415 g/mol. The van der Waals surface area contributed by atoms with Crippen LogP contribution in [0.5, 0.6) is 0 Å². The fraction of sp³-hybridized carbons (Fsp3) is 0.280. The lowest BCUT2D eigenvalue weighted by Gasteiger charge is -2.14. The number of rotatable bonds is 5. The largest absolute Gasteiger partial charge is 0.393 e. The minimum absolute atomic E-state index is 0.115. The first-order valence-electron chi connectivity index (χ1n) is 10.4. The summed E-state index contributed by atoms with van der Waals surface area (Å²) in [4.78, 5) is 15.6. The summed E-state index contributed by atoms with van der Waals surface area (Å²) in [7, 11) is 0. The Bertz CT molecular complexity index is 1110. The highest BCUT2D eigenvalue weighted by Gasteiger charge is 2.22. The second-order valence-electron chi connectivity index (χ2n) is 7.74. The van der Waals surface area contributed by atoms with Crippen LogP contribution in [0.3, 0.4) is 0 Å². The van der Waals surface area contributed by atoms with Crippen molar-refractivity contribution < 1.29 is 15.0 Å². The van der Waals surface area contributed by atoms with Gasteiger partial charge in [0, 0.05) is 36.8 Å². The third-order valence-corrected chi connectivity index (χ3v) is 5.54. The van der Waals surface area contributed by atoms with Crippen molar-refractivity contribution >= 4 is 5.91 Å². The van der Waals surface area contributed by atoms with E-state index in [1.54, 1.807) is 23.9 Å². The number of aromatic nitrogens is 2. The van der Waals surface area contributed by atoms with Crippen LogP contribution in [0.4, 0.5) is 0 Å². The lowest BCUT2D eigenvalue weighted by Crippen LogP contribution is -2.15. The van der Waals surface area contributed by atoms with Gasteiger partial charge >= 0.3 is 0 Å². The van der Waals surface area contributed by atoms with Crippen LogP contribution < -0.4 is 5.32 Å². The topological polar surface area (TPSA) is 87.4 Å². The summed E-state index contributed by atoms with van der Waals surface area (Å²) in [5, 5.41) is 22.4. The van der Waals surface area contributed by atoms with Crippen molar-refractivity contribution in [3.63, 3.8) is 0 Å². The van der Waals surface area contributed by atoms with Crippen LogP contribution in [0.15, 0.2) is 60.9 Å². The molecule has 2 heterocycles. The van der Waals surface area contributed by atoms with Gasteiger partial charge in [-0.1, -0.05) is 48.2 Å². The van der Waals surface area contributed by atoms with Gasteiger partial charge in [-0.3, -0.25) is 4.79 Å². The summed E-state index contributed by atoms with van der Waals surface area (Å²) in [6.45, 7) is 2.17. The molecule has 6 heteroatoms. The first-order valence-corrected chi connectivity index (χ1v) is 10.4. The highest BCUT2D eigenvalue weighted by Crippen LogP contribution is 2.26. The minimum Gasteiger partial charge on any atom is -0.393 e. The molecular weight excluding hydrogens is 390 g/mol. The number of aliphatic hydroxyl groups excluding tert-OH is 2. The molecule has 2 aromatic carbocycles. The Morgan fingerprint density at radius 2 is 1.84 bits per heavy atom. The van der Waals surface area contributed by atoms with Crippen LogP contribution in [-0.2, 0) is 4.79 Å². The number of imidazole rings is 1. The number of hydrogen-bond donors (Lipinski definition) is 3. The summed E-state index contributed by atoms with van der Waals surface area (Å²) in [5.41, 5.74) is 4.21. The first kappa shape index (κ1) is 20.9. The minimum atomic E-state index is -0.734. The number of amides is 1. The average molecular weight is 415 g/mol. The van der Waals surface area contributed by atoms with Crippen LogP contribution in [0.2, 0.25) is 0 Å². The number of nitrogens with zero attached hydrogens (tertiary/aromatic N) is 2. The van der Waals surface area contributed by atoms with E-state index in [2.05, 4.69) is 46.4 Å². The van der Waals surface area contributed by atoms with E-state index in [0.717, 1.165) is 16.7 Å². The van der Waals surface area contributed by atoms with Crippen LogP contribution in [0.1, 0.15) is 48.4 Å². The Morgan fingerprint density at radius 1 is 1.16 bits per heavy atom. The maximum absolute atomic E-state index is 11.4. The number of carbonyl (C=O) groups excluding carboxylic acids is 1. The fourth-order valence-electron chi connectivity index (χ4n) is 3.82. The number of carbonyl (C=O) groups is 1. The molecule has 158 valence electrons. The van der Waals surface area contributed by atoms with Gasteiger partial charge < -0.3 is 20.1 Å². The molecule has 1 fully saturated rings. The van der Waals surface area contributed by atoms with E-state index in [1.807, 2.05) is 24.3 Å². The van der Waals surface area contributed by atoms with Gasteiger partial charge in [0.2, 0.25) is 5.91 Å². The van der Waals surface area contributed by atoms with E-state index in [0.29, 0.717) is 18.8 Å². The van der Waals surface area contributed by atoms with Crippen molar-refractivity contribution in [2.75, 3.05) is 13.2 Å². The fourth-order valence-corrected chi connectivity index (χ4v) is 3.82. The maximum Gasteiger partial charge on any atom is 0.220 e. The summed E-state index contributed by atoms with van der Waals surface area (Å²) in [6, 6.07) is 15.8. The third-order valence-electron chi connectivity index (χ3n) is 5.54. The molecule has 0 unspecified atom stereocenters. The van der Waals surface area contributed by atoms with Crippen molar-refractivity contribution in [2.24, 2.45) is 0 Å². The summed E-state index contributed by atoms with van der Waals surface area (Å²) >= 11 is 0. The predicted octanol–water partition coefficient (Wildman–Crippen LogP) is 2.79. The molecule has 0 aliphatic carbocycles. The normalized spacial score (nSPS) is 17.5. The van der Waals surface area contributed by atoms with Crippen molar-refractivity contribution in [1.29, 1.82) is 0 Å². The summed E-state index contributed by atoms with van der Waals surface area (Å²) in [5.74, 6) is 7.01. The van der Waals surface area contributed by atoms with Crippen molar-refractivity contribution in [3.05, 3.63) is 77.9 Å². The lowest BCUT2D eigenvalue weighted by molar-refractivity contribution is -0.119. The first-order chi connectivity index (χ1) is 15.0.